The molecule has 0 rings (SSSR count). The Balaban J connectivity index is 0. The molecule has 0 aromatic carbocycles. The molecule has 0 unspecified atom stereocenters. The van der Waals surface area contributed by atoms with Crippen molar-refractivity contribution < 1.29 is 32.7 Å². The van der Waals surface area contributed by atoms with Crippen LogP contribution >= 0.6 is 0 Å². The summed E-state index contributed by atoms with van der Waals surface area (Å²) in [4.78, 5) is 0. The molecule has 0 radical (unpaired) electrons. The van der Waals surface area contributed by atoms with E-state index < -0.39 is 0 Å². The average molecular weight is 174 g/mol. The van der Waals surface area contributed by atoms with Gasteiger partial charge in [-0.1, -0.05) is 13.8 Å². The van der Waals surface area contributed by atoms with E-state index in [1.165, 1.54) is 5.92 Å². The Labute approximate surface area is 71.9 Å². The average Bonchev–Trinajstić information content (AvgIpc) is 1.36. The molecular formula is C6H13Y+2. The second-order valence-corrected chi connectivity index (χ2v) is 2.23. The Hall–Kier alpha value is 1.10. The van der Waals surface area contributed by atoms with Gasteiger partial charge in [0.05, 0.1) is 0 Å². The van der Waals surface area contributed by atoms with Gasteiger partial charge in [0, 0.05) is 0 Å². The van der Waals surface area contributed by atoms with E-state index in [0.29, 0.717) is 0 Å². The van der Waals surface area contributed by atoms with Crippen LogP contribution in [0.5, 0.6) is 0 Å². The zero-order valence-corrected chi connectivity index (χ0v) is 8.49. The van der Waals surface area contributed by atoms with Gasteiger partial charge < -0.3 is 5.92 Å². The molecule has 0 saturated heterocycles. The summed E-state index contributed by atoms with van der Waals surface area (Å²) in [5, 5.41) is 0. The van der Waals surface area contributed by atoms with Crippen LogP contribution in [0.1, 0.15) is 27.7 Å². The fourth-order valence-corrected chi connectivity index (χ4v) is 0. The monoisotopic (exact) mass is 174 g/mol. The molecule has 0 saturated carbocycles. The molecule has 1 heteroatoms. The van der Waals surface area contributed by atoms with E-state index in [4.69, 9.17) is 0 Å². The predicted molar refractivity (Wildman–Crippen MR) is 29.4 cm³/mol. The minimum atomic E-state index is 0. The molecular weight excluding hydrogens is 161 g/mol. The molecule has 0 aliphatic carbocycles. The van der Waals surface area contributed by atoms with Gasteiger partial charge in [0.1, 0.15) is 0 Å². The molecule has 0 aliphatic heterocycles. The topological polar surface area (TPSA) is 0 Å². The minimum absolute atomic E-state index is 0. The molecule has 0 fully saturated rings. The summed E-state index contributed by atoms with van der Waals surface area (Å²) in [7, 11) is 0. The first kappa shape index (κ1) is 11.0. The molecule has 0 N–H and O–H groups in total. The maximum Gasteiger partial charge on any atom is 3.00 e. The van der Waals surface area contributed by atoms with E-state index in [2.05, 4.69) is 27.7 Å². The number of rotatable bonds is 1. The molecule has 0 spiro atoms. The molecule has 0 amide bonds. The molecule has 0 aliphatic rings. The van der Waals surface area contributed by atoms with Crippen LogP contribution in [-0.4, -0.2) is 0 Å². The largest absolute Gasteiger partial charge is 3.00 e. The van der Waals surface area contributed by atoms with Gasteiger partial charge in [0.15, 0.2) is 0 Å². The summed E-state index contributed by atoms with van der Waals surface area (Å²) in [5.74, 6) is 2.28. The molecule has 0 heterocycles. The van der Waals surface area contributed by atoms with E-state index in [1.807, 2.05) is 0 Å². The third-order valence-electron chi connectivity index (χ3n) is 1.15. The molecule has 7 heavy (non-hydrogen) atoms. The Morgan fingerprint density at radius 1 is 1.14 bits per heavy atom. The molecule has 0 atom stereocenters. The van der Waals surface area contributed by atoms with Gasteiger partial charge in [0.2, 0.25) is 0 Å². The summed E-state index contributed by atoms with van der Waals surface area (Å²) < 4.78 is 0. The van der Waals surface area contributed by atoms with Gasteiger partial charge in [-0.2, -0.15) is 19.8 Å². The maximum atomic E-state index is 2.20. The van der Waals surface area contributed by atoms with Gasteiger partial charge in [-0.3, -0.25) is 0 Å². The van der Waals surface area contributed by atoms with Crippen LogP contribution in [0.3, 0.4) is 0 Å². The van der Waals surface area contributed by atoms with Crippen molar-refractivity contribution in [2.75, 3.05) is 0 Å². The van der Waals surface area contributed by atoms with Crippen molar-refractivity contribution in [3.63, 3.8) is 0 Å². The van der Waals surface area contributed by atoms with Crippen molar-refractivity contribution in [2.45, 2.75) is 27.7 Å². The van der Waals surface area contributed by atoms with E-state index in [-0.39, 0.29) is 32.7 Å². The van der Waals surface area contributed by atoms with Crippen LogP contribution in [0.25, 0.3) is 0 Å². The fourth-order valence-electron chi connectivity index (χ4n) is 0. The van der Waals surface area contributed by atoms with Crippen LogP contribution in [0.15, 0.2) is 0 Å². The van der Waals surface area contributed by atoms with Crippen molar-refractivity contribution in [2.24, 2.45) is 5.92 Å². The Kier molecular flexibility index (Phi) is 8.22. The van der Waals surface area contributed by atoms with Crippen molar-refractivity contribution in [1.29, 1.82) is 0 Å². The molecule has 0 bridgehead atoms. The van der Waals surface area contributed by atoms with E-state index >= 15 is 0 Å². The van der Waals surface area contributed by atoms with Crippen molar-refractivity contribution >= 4 is 0 Å². The standard InChI is InChI=1S/C6H13.Y/c1-5(2)6(3)4;/h5H,1-4H3;/q-1;+3. The third kappa shape index (κ3) is 7.10. The Bertz CT molecular complexity index is 25.2. The van der Waals surface area contributed by atoms with Crippen LogP contribution in [-0.2, 0) is 32.7 Å². The molecule has 0 aromatic rings. The zero-order chi connectivity index (χ0) is 5.15. The fraction of sp³-hybridized carbons (Fsp3) is 0.833. The summed E-state index contributed by atoms with van der Waals surface area (Å²) in [6.07, 6.45) is 0. The quantitative estimate of drug-likeness (QED) is 0.535. The minimum Gasteiger partial charge on any atom is -0.317 e. The number of hydrogen-bond acceptors (Lipinski definition) is 0. The van der Waals surface area contributed by atoms with Crippen molar-refractivity contribution in [3.8, 4) is 0 Å². The van der Waals surface area contributed by atoms with E-state index in [9.17, 15) is 0 Å². The summed E-state index contributed by atoms with van der Waals surface area (Å²) in [6.45, 7) is 8.72. The van der Waals surface area contributed by atoms with Crippen LogP contribution in [0.2, 0.25) is 0 Å². The summed E-state index contributed by atoms with van der Waals surface area (Å²) >= 11 is 0. The zero-order valence-electron chi connectivity index (χ0n) is 5.65. The van der Waals surface area contributed by atoms with Gasteiger partial charge in [-0.05, 0) is 0 Å². The SMILES string of the molecule is C[C-](C)C(C)C.[Y+3]. The first-order valence-corrected chi connectivity index (χ1v) is 2.44. The molecule has 0 nitrogen and oxygen atoms in total. The van der Waals surface area contributed by atoms with Crippen molar-refractivity contribution in [1.82, 2.24) is 0 Å². The molecule has 38 valence electrons. The van der Waals surface area contributed by atoms with Crippen molar-refractivity contribution in [3.05, 3.63) is 5.92 Å². The summed E-state index contributed by atoms with van der Waals surface area (Å²) in [6, 6.07) is 0. The maximum absolute atomic E-state index is 2.20. The molecule has 0 aromatic heterocycles. The predicted octanol–water partition coefficient (Wildman–Crippen LogP) is 2.25. The first-order chi connectivity index (χ1) is 2.64. The Morgan fingerprint density at radius 2 is 1.29 bits per heavy atom. The smallest absolute Gasteiger partial charge is 0.317 e. The van der Waals surface area contributed by atoms with Gasteiger partial charge in [0.25, 0.3) is 0 Å². The third-order valence-corrected chi connectivity index (χ3v) is 1.15. The van der Waals surface area contributed by atoms with E-state index in [1.54, 1.807) is 0 Å². The van der Waals surface area contributed by atoms with Crippen LogP contribution in [0.4, 0.5) is 0 Å². The van der Waals surface area contributed by atoms with Gasteiger partial charge in [-0.15, -0.1) is 0 Å². The summed E-state index contributed by atoms with van der Waals surface area (Å²) in [5.41, 5.74) is 0. The first-order valence-electron chi connectivity index (χ1n) is 2.44. The number of hydrogen-bond donors (Lipinski definition) is 0. The Morgan fingerprint density at radius 3 is 1.29 bits per heavy atom. The van der Waals surface area contributed by atoms with E-state index in [0.717, 1.165) is 5.92 Å². The normalized spacial score (nSPS) is 9.43. The second kappa shape index (κ2) is 5.24. The van der Waals surface area contributed by atoms with Crippen LogP contribution in [0, 0.1) is 11.8 Å². The van der Waals surface area contributed by atoms with Gasteiger partial charge in [-0.25, -0.2) is 0 Å². The van der Waals surface area contributed by atoms with Crippen LogP contribution < -0.4 is 0 Å². The van der Waals surface area contributed by atoms with Gasteiger partial charge >= 0.3 is 32.7 Å². The second-order valence-electron chi connectivity index (χ2n) is 2.23.